The summed E-state index contributed by atoms with van der Waals surface area (Å²) in [7, 11) is 0. The van der Waals surface area contributed by atoms with Crippen molar-refractivity contribution in [3.63, 3.8) is 0 Å². The molecule has 1 aliphatic rings. The first-order valence-corrected chi connectivity index (χ1v) is 17.2. The molecule has 3 aromatic carbocycles. The normalized spacial score (nSPS) is 12.8. The fourth-order valence-electron chi connectivity index (χ4n) is 5.85. The Morgan fingerprint density at radius 3 is 2.17 bits per heavy atom. The van der Waals surface area contributed by atoms with Gasteiger partial charge in [0.1, 0.15) is 11.6 Å². The number of fused-ring (bicyclic) bond motifs is 1. The molecule has 0 saturated heterocycles. The van der Waals surface area contributed by atoms with Gasteiger partial charge in [-0.15, -0.1) is 10.2 Å². The van der Waals surface area contributed by atoms with Crippen LogP contribution < -0.4 is 5.56 Å². The summed E-state index contributed by atoms with van der Waals surface area (Å²) in [5, 5.41) is 9.77. The molecule has 0 fully saturated rings. The molecule has 0 spiro atoms. The average Bonchev–Trinajstić information content (AvgIpc) is 3.73. The van der Waals surface area contributed by atoms with E-state index in [-0.39, 0.29) is 11.4 Å². The number of aryl methyl sites for hydroxylation is 1. The molecule has 2 aromatic heterocycles. The summed E-state index contributed by atoms with van der Waals surface area (Å²) >= 11 is 6.94. The van der Waals surface area contributed by atoms with E-state index in [1.165, 1.54) is 36.0 Å². The molecular formula is C36H33F4N5OS2. The highest BCUT2D eigenvalue weighted by molar-refractivity contribution is 7.98. The van der Waals surface area contributed by atoms with Crippen LogP contribution >= 0.6 is 24.0 Å². The summed E-state index contributed by atoms with van der Waals surface area (Å²) in [5.74, 6) is 1.71. The molecule has 12 heteroatoms. The van der Waals surface area contributed by atoms with Gasteiger partial charge in [-0.3, -0.25) is 4.79 Å². The molecule has 48 heavy (non-hydrogen) atoms. The summed E-state index contributed by atoms with van der Waals surface area (Å²) in [6, 6.07) is 19.2. The number of hydrogen-bond donors (Lipinski definition) is 0. The van der Waals surface area contributed by atoms with E-state index in [1.807, 2.05) is 31.2 Å². The van der Waals surface area contributed by atoms with Crippen molar-refractivity contribution < 1.29 is 17.6 Å². The summed E-state index contributed by atoms with van der Waals surface area (Å²) in [4.78, 5) is 18.4. The van der Waals surface area contributed by atoms with Crippen molar-refractivity contribution in [1.29, 1.82) is 0 Å². The first-order valence-electron chi connectivity index (χ1n) is 15.8. The van der Waals surface area contributed by atoms with Crippen molar-refractivity contribution in [2.45, 2.75) is 75.6 Å². The topological polar surface area (TPSA) is 65.6 Å². The molecule has 0 amide bonds. The van der Waals surface area contributed by atoms with E-state index < -0.39 is 11.7 Å². The van der Waals surface area contributed by atoms with Gasteiger partial charge in [-0.25, -0.2) is 4.39 Å². The lowest BCUT2D eigenvalue weighted by Gasteiger charge is -2.18. The van der Waals surface area contributed by atoms with Gasteiger partial charge >= 0.3 is 6.18 Å². The third-order valence-electron chi connectivity index (χ3n) is 8.55. The van der Waals surface area contributed by atoms with Crippen LogP contribution in [-0.2, 0) is 44.3 Å². The Hall–Kier alpha value is -4.16. The van der Waals surface area contributed by atoms with E-state index >= 15 is 0 Å². The maximum absolute atomic E-state index is 13.5. The van der Waals surface area contributed by atoms with E-state index in [2.05, 4.69) is 24.3 Å². The van der Waals surface area contributed by atoms with Crippen LogP contribution in [-0.4, -0.2) is 29.2 Å². The van der Waals surface area contributed by atoms with Gasteiger partial charge in [0.05, 0.1) is 18.7 Å². The van der Waals surface area contributed by atoms with Gasteiger partial charge in [0.2, 0.25) is 0 Å². The number of alkyl halides is 3. The first kappa shape index (κ1) is 33.7. The van der Waals surface area contributed by atoms with Crippen LogP contribution in [0.5, 0.6) is 0 Å². The van der Waals surface area contributed by atoms with Crippen LogP contribution in [0.2, 0.25) is 0 Å². The second-order valence-electron chi connectivity index (χ2n) is 11.8. The summed E-state index contributed by atoms with van der Waals surface area (Å²) in [6.45, 7) is 2.86. The van der Waals surface area contributed by atoms with E-state index in [9.17, 15) is 22.4 Å². The minimum Gasteiger partial charge on any atom is -0.316 e. The minimum atomic E-state index is -4.38. The van der Waals surface area contributed by atoms with Crippen molar-refractivity contribution in [2.24, 2.45) is 0 Å². The first-order chi connectivity index (χ1) is 23.1. The zero-order valence-electron chi connectivity index (χ0n) is 26.3. The molecule has 0 bridgehead atoms. The molecule has 2 heterocycles. The quantitative estimate of drug-likeness (QED) is 0.0569. The van der Waals surface area contributed by atoms with Crippen LogP contribution in [0.3, 0.4) is 0 Å². The number of hydrogen-bond acceptors (Lipinski definition) is 6. The zero-order valence-corrected chi connectivity index (χ0v) is 27.9. The molecule has 0 N–H and O–H groups in total. The molecule has 0 saturated carbocycles. The van der Waals surface area contributed by atoms with E-state index in [0.29, 0.717) is 54.6 Å². The Morgan fingerprint density at radius 1 is 0.854 bits per heavy atom. The van der Waals surface area contributed by atoms with Crippen LogP contribution in [0, 0.1) is 5.82 Å². The predicted molar refractivity (Wildman–Crippen MR) is 183 cm³/mol. The van der Waals surface area contributed by atoms with Crippen LogP contribution in [0.4, 0.5) is 17.6 Å². The standard InChI is InChI=1S/C36H33F4N5OS2/c1-2-29(47)18-19-32-42-43-33(45(32)20-23-6-10-25(11-7-23)26-12-14-27(15-13-26)36(38,39)40)21-44-31-5-3-4-30(31)34(46)41-35(44)48-22-24-8-16-28(37)17-9-24/h6-17H,2-5,18-22H2,1H3. The van der Waals surface area contributed by atoms with Crippen molar-refractivity contribution in [2.75, 3.05) is 0 Å². The van der Waals surface area contributed by atoms with Gasteiger partial charge in [0.25, 0.3) is 5.56 Å². The predicted octanol–water partition coefficient (Wildman–Crippen LogP) is 8.25. The van der Waals surface area contributed by atoms with Gasteiger partial charge in [-0.1, -0.05) is 79.4 Å². The molecule has 0 aliphatic heterocycles. The maximum Gasteiger partial charge on any atom is 0.416 e. The molecule has 5 aromatic rings. The van der Waals surface area contributed by atoms with Gasteiger partial charge < -0.3 is 9.13 Å². The van der Waals surface area contributed by atoms with E-state index in [0.717, 1.165) is 70.0 Å². The molecule has 6 nitrogen and oxygen atoms in total. The minimum absolute atomic E-state index is 0.205. The Balaban J connectivity index is 1.30. The van der Waals surface area contributed by atoms with Crippen molar-refractivity contribution in [1.82, 2.24) is 24.3 Å². The average molecular weight is 692 g/mol. The third kappa shape index (κ3) is 7.76. The summed E-state index contributed by atoms with van der Waals surface area (Å²) in [6.07, 6.45) is 0.0450. The Morgan fingerprint density at radius 2 is 1.50 bits per heavy atom. The SMILES string of the molecule is CCC(=S)CCc1nnc(Cn2c(SCc3ccc(F)cc3)nc(=O)c3c2CCC3)n1Cc1ccc(-c2ccc(C(F)(F)F)cc2)cc1. The number of halogens is 4. The number of aromatic nitrogens is 5. The highest BCUT2D eigenvalue weighted by Crippen LogP contribution is 2.31. The fraction of sp³-hybridized carbons (Fsp3) is 0.306. The van der Waals surface area contributed by atoms with Crippen molar-refractivity contribution in [3.8, 4) is 11.1 Å². The third-order valence-corrected chi connectivity index (χ3v) is 10.1. The molecular weight excluding hydrogens is 659 g/mol. The van der Waals surface area contributed by atoms with Gasteiger partial charge in [-0.2, -0.15) is 18.2 Å². The van der Waals surface area contributed by atoms with E-state index in [4.69, 9.17) is 12.2 Å². The lowest BCUT2D eigenvalue weighted by molar-refractivity contribution is -0.137. The van der Waals surface area contributed by atoms with Crippen LogP contribution in [0.15, 0.2) is 82.7 Å². The Bertz CT molecular complexity index is 1970. The molecule has 6 rings (SSSR count). The number of thioether (sulfide) groups is 1. The number of thiocarbonyl (C=S) groups is 1. The van der Waals surface area contributed by atoms with Gasteiger partial charge in [0, 0.05) is 23.4 Å². The summed E-state index contributed by atoms with van der Waals surface area (Å²) < 4.78 is 56.8. The second kappa shape index (κ2) is 14.5. The Labute approximate surface area is 285 Å². The van der Waals surface area contributed by atoms with Gasteiger partial charge in [0.15, 0.2) is 11.0 Å². The highest BCUT2D eigenvalue weighted by Gasteiger charge is 2.30. The largest absolute Gasteiger partial charge is 0.416 e. The van der Waals surface area contributed by atoms with Crippen molar-refractivity contribution >= 4 is 28.8 Å². The Kier molecular flexibility index (Phi) is 10.2. The highest BCUT2D eigenvalue weighted by atomic mass is 32.2. The monoisotopic (exact) mass is 691 g/mol. The van der Waals surface area contributed by atoms with E-state index in [1.54, 1.807) is 12.1 Å². The molecule has 0 atom stereocenters. The number of nitrogens with zero attached hydrogens (tertiary/aromatic N) is 5. The lowest BCUT2D eigenvalue weighted by Crippen LogP contribution is -2.23. The van der Waals surface area contributed by atoms with Gasteiger partial charge in [-0.05, 0) is 83.5 Å². The zero-order chi connectivity index (χ0) is 33.8. The molecule has 1 aliphatic carbocycles. The van der Waals surface area contributed by atoms with Crippen LogP contribution in [0.25, 0.3) is 11.1 Å². The fourth-order valence-corrected chi connectivity index (χ4v) is 6.92. The lowest BCUT2D eigenvalue weighted by atomic mass is 10.0. The second-order valence-corrected chi connectivity index (χ2v) is 13.3. The number of rotatable bonds is 12. The molecule has 248 valence electrons. The smallest absolute Gasteiger partial charge is 0.316 e. The maximum atomic E-state index is 13.5. The van der Waals surface area contributed by atoms with Crippen molar-refractivity contribution in [3.05, 3.63) is 129 Å². The number of benzene rings is 3. The summed E-state index contributed by atoms with van der Waals surface area (Å²) in [5.41, 5.74) is 4.20. The van der Waals surface area contributed by atoms with Crippen LogP contribution in [0.1, 0.15) is 65.8 Å². The molecule has 0 radical (unpaired) electrons. The molecule has 0 unspecified atom stereocenters.